The summed E-state index contributed by atoms with van der Waals surface area (Å²) in [4.78, 5) is 39.1. The van der Waals surface area contributed by atoms with Crippen molar-refractivity contribution in [3.8, 4) is 17.2 Å². The third-order valence-corrected chi connectivity index (χ3v) is 5.42. The molecular formula is C25H24N2O5. The molecule has 7 heteroatoms. The van der Waals surface area contributed by atoms with Crippen LogP contribution in [0.1, 0.15) is 46.2 Å². The quantitative estimate of drug-likeness (QED) is 0.636. The maximum absolute atomic E-state index is 13.4. The van der Waals surface area contributed by atoms with Crippen molar-refractivity contribution in [2.45, 2.75) is 26.2 Å². The highest BCUT2D eigenvalue weighted by atomic mass is 16.5. The zero-order valence-corrected chi connectivity index (χ0v) is 18.0. The zero-order valence-electron chi connectivity index (χ0n) is 18.0. The summed E-state index contributed by atoms with van der Waals surface area (Å²) in [6, 6.07) is 15.3. The maximum Gasteiger partial charge on any atom is 0.268 e. The van der Waals surface area contributed by atoms with Crippen LogP contribution in [0.2, 0.25) is 0 Å². The second kappa shape index (κ2) is 9.09. The second-order valence-corrected chi connectivity index (χ2v) is 7.45. The Hall–Kier alpha value is -3.87. The number of ketones is 1. The first-order valence-corrected chi connectivity index (χ1v) is 10.5. The first kappa shape index (κ1) is 21.4. The molecule has 4 rings (SSSR count). The van der Waals surface area contributed by atoms with Gasteiger partial charge in [0, 0.05) is 29.1 Å². The first-order valence-electron chi connectivity index (χ1n) is 10.5. The molecule has 2 aromatic carbocycles. The molecule has 1 aromatic heterocycles. The van der Waals surface area contributed by atoms with Crippen molar-refractivity contribution in [2.24, 2.45) is 0 Å². The Morgan fingerprint density at radius 1 is 1.00 bits per heavy atom. The van der Waals surface area contributed by atoms with E-state index in [-0.39, 0.29) is 11.3 Å². The number of amides is 1. The van der Waals surface area contributed by atoms with Crippen LogP contribution in [0.3, 0.4) is 0 Å². The van der Waals surface area contributed by atoms with Crippen molar-refractivity contribution in [1.29, 1.82) is 0 Å². The Labute approximate surface area is 185 Å². The van der Waals surface area contributed by atoms with Crippen molar-refractivity contribution in [2.75, 3.05) is 19.0 Å². The summed E-state index contributed by atoms with van der Waals surface area (Å²) in [5.74, 6) is 0.703. The van der Waals surface area contributed by atoms with Crippen molar-refractivity contribution in [3.05, 3.63) is 81.8 Å². The van der Waals surface area contributed by atoms with Crippen molar-refractivity contribution in [3.63, 3.8) is 0 Å². The lowest BCUT2D eigenvalue weighted by Gasteiger charge is -2.22. The SMILES string of the molecule is CCOc1ccc(NC(=O)c2cc3c(n(-c4ccc(OC)cc4)c2=O)CCCC3=O)cc1. The van der Waals surface area contributed by atoms with Gasteiger partial charge in [-0.1, -0.05) is 0 Å². The molecule has 3 aromatic rings. The van der Waals surface area contributed by atoms with Gasteiger partial charge < -0.3 is 14.8 Å². The molecule has 0 spiro atoms. The lowest BCUT2D eigenvalue weighted by atomic mass is 9.92. The number of hydrogen-bond donors (Lipinski definition) is 1. The molecule has 32 heavy (non-hydrogen) atoms. The Morgan fingerprint density at radius 2 is 1.69 bits per heavy atom. The van der Waals surface area contributed by atoms with Crippen molar-refractivity contribution in [1.82, 2.24) is 4.57 Å². The third kappa shape index (κ3) is 4.14. The van der Waals surface area contributed by atoms with Crippen LogP contribution in [0.15, 0.2) is 59.4 Å². The number of carbonyl (C=O) groups excluding carboxylic acids is 2. The highest BCUT2D eigenvalue weighted by Gasteiger charge is 2.26. The summed E-state index contributed by atoms with van der Waals surface area (Å²) in [6.07, 6.45) is 1.65. The number of pyridine rings is 1. The molecule has 0 bridgehead atoms. The monoisotopic (exact) mass is 432 g/mol. The molecule has 7 nitrogen and oxygen atoms in total. The number of ether oxygens (including phenoxy) is 2. The number of nitrogens with zero attached hydrogens (tertiary/aromatic N) is 1. The van der Waals surface area contributed by atoms with E-state index < -0.39 is 11.5 Å². The van der Waals surface area contributed by atoms with Crippen LogP contribution in [-0.4, -0.2) is 30.0 Å². The van der Waals surface area contributed by atoms with Crippen LogP contribution >= 0.6 is 0 Å². The number of hydrogen-bond acceptors (Lipinski definition) is 5. The fourth-order valence-electron chi connectivity index (χ4n) is 3.86. The summed E-state index contributed by atoms with van der Waals surface area (Å²) in [6.45, 7) is 2.43. The van der Waals surface area contributed by atoms with Gasteiger partial charge in [0.2, 0.25) is 0 Å². The minimum absolute atomic E-state index is 0.0661. The summed E-state index contributed by atoms with van der Waals surface area (Å²) >= 11 is 0. The van der Waals surface area contributed by atoms with Crippen LogP contribution in [0.5, 0.6) is 11.5 Å². The molecule has 1 aliphatic carbocycles. The number of aromatic nitrogens is 1. The number of nitrogens with one attached hydrogen (secondary N) is 1. The Balaban J connectivity index is 1.76. The van der Waals surface area contributed by atoms with E-state index in [1.165, 1.54) is 10.6 Å². The minimum atomic E-state index is -0.567. The summed E-state index contributed by atoms with van der Waals surface area (Å²) in [7, 11) is 1.56. The predicted molar refractivity (Wildman–Crippen MR) is 121 cm³/mol. The van der Waals surface area contributed by atoms with Gasteiger partial charge in [0.05, 0.1) is 13.7 Å². The van der Waals surface area contributed by atoms with Crippen LogP contribution in [0.25, 0.3) is 5.69 Å². The smallest absolute Gasteiger partial charge is 0.268 e. The van der Waals surface area contributed by atoms with Crippen LogP contribution < -0.4 is 20.3 Å². The number of rotatable bonds is 6. The third-order valence-electron chi connectivity index (χ3n) is 5.42. The molecule has 1 aliphatic rings. The highest BCUT2D eigenvalue weighted by molar-refractivity contribution is 6.06. The van der Waals surface area contributed by atoms with Crippen LogP contribution in [-0.2, 0) is 6.42 Å². The number of Topliss-reactive ketones (excluding diaryl/α,β-unsaturated/α-hetero) is 1. The van der Waals surface area contributed by atoms with E-state index >= 15 is 0 Å². The van der Waals surface area contributed by atoms with Crippen molar-refractivity contribution >= 4 is 17.4 Å². The van der Waals surface area contributed by atoms with E-state index in [0.29, 0.717) is 60.0 Å². The topological polar surface area (TPSA) is 86.6 Å². The van der Waals surface area contributed by atoms with E-state index in [2.05, 4.69) is 5.32 Å². The van der Waals surface area contributed by atoms with Gasteiger partial charge in [-0.25, -0.2) is 0 Å². The normalized spacial score (nSPS) is 12.8. The minimum Gasteiger partial charge on any atom is -0.497 e. The molecule has 1 heterocycles. The van der Waals surface area contributed by atoms with Gasteiger partial charge >= 0.3 is 0 Å². The van der Waals surface area contributed by atoms with Gasteiger partial charge in [-0.15, -0.1) is 0 Å². The van der Waals surface area contributed by atoms with Gasteiger partial charge in [-0.05, 0) is 74.4 Å². The molecule has 1 amide bonds. The van der Waals surface area contributed by atoms with Gasteiger partial charge in [-0.2, -0.15) is 0 Å². The van der Waals surface area contributed by atoms with Crippen molar-refractivity contribution < 1.29 is 19.1 Å². The molecule has 0 aliphatic heterocycles. The van der Waals surface area contributed by atoms with Crippen LogP contribution in [0.4, 0.5) is 5.69 Å². The average Bonchev–Trinajstić information content (AvgIpc) is 2.80. The lowest BCUT2D eigenvalue weighted by Crippen LogP contribution is -2.33. The fraction of sp³-hybridized carbons (Fsp3) is 0.240. The average molecular weight is 432 g/mol. The number of methoxy groups -OCH3 is 1. The van der Waals surface area contributed by atoms with Gasteiger partial charge in [0.25, 0.3) is 11.5 Å². The number of carbonyl (C=O) groups is 2. The fourth-order valence-corrected chi connectivity index (χ4v) is 3.86. The standard InChI is InChI=1S/C25H24N2O5/c1-3-32-19-11-7-16(8-12-19)26-24(29)21-15-20-22(5-4-6-23(20)28)27(25(21)30)17-9-13-18(31-2)14-10-17/h7-15H,3-6H2,1-2H3,(H,26,29). The van der Waals surface area contributed by atoms with Gasteiger partial charge in [0.15, 0.2) is 5.78 Å². The molecule has 0 saturated heterocycles. The molecule has 0 unspecified atom stereocenters. The number of benzene rings is 2. The second-order valence-electron chi connectivity index (χ2n) is 7.45. The molecular weight excluding hydrogens is 408 g/mol. The van der Waals surface area contributed by atoms with E-state index in [9.17, 15) is 14.4 Å². The summed E-state index contributed by atoms with van der Waals surface area (Å²) < 4.78 is 12.1. The Morgan fingerprint density at radius 3 is 2.34 bits per heavy atom. The predicted octanol–water partition coefficient (Wildman–Crippen LogP) is 4.02. The molecule has 0 atom stereocenters. The molecule has 0 radical (unpaired) electrons. The lowest BCUT2D eigenvalue weighted by molar-refractivity contribution is 0.0971. The Bertz CT molecular complexity index is 1210. The largest absolute Gasteiger partial charge is 0.497 e. The summed E-state index contributed by atoms with van der Waals surface area (Å²) in [5.41, 5.74) is 1.61. The van der Waals surface area contributed by atoms with Gasteiger partial charge in [0.1, 0.15) is 17.1 Å². The molecule has 0 saturated carbocycles. The number of anilines is 1. The molecule has 0 fully saturated rings. The van der Waals surface area contributed by atoms with Gasteiger partial charge in [-0.3, -0.25) is 19.0 Å². The van der Waals surface area contributed by atoms with E-state index in [1.54, 1.807) is 55.6 Å². The zero-order chi connectivity index (χ0) is 22.7. The highest BCUT2D eigenvalue weighted by Crippen LogP contribution is 2.25. The summed E-state index contributed by atoms with van der Waals surface area (Å²) in [5, 5.41) is 2.75. The van der Waals surface area contributed by atoms with Crippen LogP contribution in [0, 0.1) is 0 Å². The molecule has 1 N–H and O–H groups in total. The maximum atomic E-state index is 13.4. The van der Waals surface area contributed by atoms with E-state index in [4.69, 9.17) is 9.47 Å². The Kier molecular flexibility index (Phi) is 6.07. The first-order chi connectivity index (χ1) is 15.5. The molecule has 164 valence electrons. The van der Waals surface area contributed by atoms with E-state index in [0.717, 1.165) is 0 Å². The van der Waals surface area contributed by atoms with E-state index in [1.807, 2.05) is 6.92 Å². The number of fused-ring (bicyclic) bond motifs is 1.